The molecule has 0 fully saturated rings. The second-order valence-corrected chi connectivity index (χ2v) is 9.30. The maximum atomic E-state index is 13.4. The average Bonchev–Trinajstić information content (AvgIpc) is 3.02. The maximum Gasteiger partial charge on any atom is 0.328 e. The number of nitrogens with one attached hydrogen (secondary N) is 1. The molecule has 1 amide bonds. The fourth-order valence-electron chi connectivity index (χ4n) is 3.55. The monoisotopic (exact) mass is 469 g/mol. The Morgan fingerprint density at radius 2 is 1.61 bits per heavy atom. The smallest absolute Gasteiger partial charge is 0.328 e. The zero-order valence-corrected chi connectivity index (χ0v) is 18.8. The van der Waals surface area contributed by atoms with Crippen LogP contribution in [0.2, 0.25) is 0 Å². The number of aryl methyl sites for hydroxylation is 2. The van der Waals surface area contributed by atoms with Crippen LogP contribution in [0.1, 0.15) is 10.4 Å². The van der Waals surface area contributed by atoms with E-state index in [0.29, 0.717) is 16.8 Å². The van der Waals surface area contributed by atoms with E-state index in [2.05, 4.69) is 5.32 Å². The molecule has 0 aliphatic rings. The largest absolute Gasteiger partial charge is 0.497 e. The van der Waals surface area contributed by atoms with Crippen LogP contribution < -0.4 is 15.7 Å². The molecule has 1 N–H and O–H groups in total. The van der Waals surface area contributed by atoms with E-state index in [1.54, 1.807) is 25.2 Å². The lowest BCUT2D eigenvalue weighted by Gasteiger charge is -2.14. The Morgan fingerprint density at radius 3 is 2.24 bits per heavy atom. The number of imidazole rings is 1. The van der Waals surface area contributed by atoms with Crippen LogP contribution in [0.5, 0.6) is 5.75 Å². The number of carbonyl (C=O) groups is 1. The molecular formula is C23H20FN3O5S. The van der Waals surface area contributed by atoms with Crippen molar-refractivity contribution in [3.05, 3.63) is 82.5 Å². The van der Waals surface area contributed by atoms with Gasteiger partial charge < -0.3 is 10.1 Å². The predicted molar refractivity (Wildman–Crippen MR) is 121 cm³/mol. The van der Waals surface area contributed by atoms with Gasteiger partial charge in [0.1, 0.15) is 11.6 Å². The Kier molecular flexibility index (Phi) is 5.54. The van der Waals surface area contributed by atoms with Crippen molar-refractivity contribution in [2.24, 2.45) is 14.1 Å². The second kappa shape index (κ2) is 8.21. The van der Waals surface area contributed by atoms with Crippen LogP contribution in [0.4, 0.5) is 10.1 Å². The van der Waals surface area contributed by atoms with Crippen molar-refractivity contribution in [3.8, 4) is 5.75 Å². The molecule has 1 heterocycles. The van der Waals surface area contributed by atoms with Crippen LogP contribution in [0, 0.1) is 5.82 Å². The minimum absolute atomic E-state index is 0.0131. The number of anilines is 1. The molecule has 0 unspecified atom stereocenters. The van der Waals surface area contributed by atoms with Crippen molar-refractivity contribution < 1.29 is 22.3 Å². The van der Waals surface area contributed by atoms with Gasteiger partial charge in [-0.3, -0.25) is 13.9 Å². The van der Waals surface area contributed by atoms with Crippen LogP contribution in [0.3, 0.4) is 0 Å². The van der Waals surface area contributed by atoms with Gasteiger partial charge in [0.15, 0.2) is 0 Å². The highest BCUT2D eigenvalue weighted by Crippen LogP contribution is 2.32. The molecule has 0 aliphatic carbocycles. The number of hydrogen-bond donors (Lipinski definition) is 1. The molecule has 0 saturated carbocycles. The normalized spacial score (nSPS) is 11.5. The maximum absolute atomic E-state index is 13.4. The van der Waals surface area contributed by atoms with Gasteiger partial charge in [0.25, 0.3) is 5.91 Å². The summed E-state index contributed by atoms with van der Waals surface area (Å²) >= 11 is 0. The molecule has 0 aliphatic heterocycles. The van der Waals surface area contributed by atoms with Gasteiger partial charge in [-0.1, -0.05) is 6.07 Å². The van der Waals surface area contributed by atoms with Gasteiger partial charge in [0.2, 0.25) is 9.84 Å². The van der Waals surface area contributed by atoms with E-state index in [0.717, 1.165) is 24.3 Å². The van der Waals surface area contributed by atoms with Crippen molar-refractivity contribution in [3.63, 3.8) is 0 Å². The van der Waals surface area contributed by atoms with Gasteiger partial charge in [-0.05, 0) is 54.6 Å². The molecular weight excluding hydrogens is 449 g/mol. The van der Waals surface area contributed by atoms with E-state index in [1.165, 1.54) is 41.5 Å². The Hall–Kier alpha value is -3.92. The highest BCUT2D eigenvalue weighted by molar-refractivity contribution is 7.91. The number of methoxy groups -OCH3 is 1. The number of fused-ring (bicyclic) bond motifs is 1. The van der Waals surface area contributed by atoms with Gasteiger partial charge in [-0.2, -0.15) is 0 Å². The second-order valence-electron chi connectivity index (χ2n) is 7.38. The third-order valence-corrected chi connectivity index (χ3v) is 7.18. The lowest BCUT2D eigenvalue weighted by molar-refractivity contribution is 0.102. The number of carbonyl (C=O) groups excluding carboxylic acids is 1. The summed E-state index contributed by atoms with van der Waals surface area (Å²) in [5, 5.41) is 2.64. The third kappa shape index (κ3) is 3.89. The summed E-state index contributed by atoms with van der Waals surface area (Å²) in [6, 6.07) is 13.5. The van der Waals surface area contributed by atoms with Crippen molar-refractivity contribution in [2.75, 3.05) is 12.4 Å². The number of benzene rings is 3. The zero-order chi connectivity index (χ0) is 23.9. The summed E-state index contributed by atoms with van der Waals surface area (Å²) < 4.78 is 48.1. The topological polar surface area (TPSA) is 99.4 Å². The quantitative estimate of drug-likeness (QED) is 0.453. The standard InChI is InChI=1S/C23H20FN3O5S/c1-26-19-12-18(25-22(28)14-5-4-6-16(11-14)32-3)21(13-20(19)27(2)23(26)29)33(30,31)17-9-7-15(24)8-10-17/h4-13H,1-3H3,(H,25,28). The summed E-state index contributed by atoms with van der Waals surface area (Å²) in [5.74, 6) is -0.686. The molecule has 10 heteroatoms. The summed E-state index contributed by atoms with van der Waals surface area (Å²) in [6.07, 6.45) is 0. The molecule has 0 radical (unpaired) electrons. The molecule has 170 valence electrons. The number of nitrogens with zero attached hydrogens (tertiary/aromatic N) is 2. The molecule has 33 heavy (non-hydrogen) atoms. The number of amides is 1. The lowest BCUT2D eigenvalue weighted by Crippen LogP contribution is -2.19. The summed E-state index contributed by atoms with van der Waals surface area (Å²) in [5.41, 5.74) is 0.679. The fourth-order valence-corrected chi connectivity index (χ4v) is 4.96. The molecule has 0 saturated heterocycles. The number of ether oxygens (including phenoxy) is 1. The number of rotatable bonds is 5. The van der Waals surface area contributed by atoms with Crippen LogP contribution in [0.15, 0.2) is 75.2 Å². The molecule has 8 nitrogen and oxygen atoms in total. The fraction of sp³-hybridized carbons (Fsp3) is 0.130. The first-order valence-electron chi connectivity index (χ1n) is 9.79. The zero-order valence-electron chi connectivity index (χ0n) is 18.0. The first-order valence-corrected chi connectivity index (χ1v) is 11.3. The third-order valence-electron chi connectivity index (χ3n) is 5.37. The molecule has 0 spiro atoms. The van der Waals surface area contributed by atoms with Crippen LogP contribution in [-0.2, 0) is 23.9 Å². The molecule has 0 atom stereocenters. The molecule has 1 aromatic heterocycles. The van der Waals surface area contributed by atoms with Gasteiger partial charge in [0.05, 0.1) is 33.6 Å². The van der Waals surface area contributed by atoms with E-state index >= 15 is 0 Å². The van der Waals surface area contributed by atoms with E-state index in [9.17, 15) is 22.4 Å². The van der Waals surface area contributed by atoms with Crippen molar-refractivity contribution in [1.82, 2.24) is 9.13 Å². The van der Waals surface area contributed by atoms with Gasteiger partial charge in [0, 0.05) is 19.7 Å². The van der Waals surface area contributed by atoms with Crippen LogP contribution in [-0.4, -0.2) is 30.6 Å². The number of aromatic nitrogens is 2. The summed E-state index contributed by atoms with van der Waals surface area (Å²) in [6.45, 7) is 0. The molecule has 4 rings (SSSR count). The first-order chi connectivity index (χ1) is 15.6. The number of sulfone groups is 1. The van der Waals surface area contributed by atoms with Gasteiger partial charge in [-0.25, -0.2) is 17.6 Å². The highest BCUT2D eigenvalue weighted by atomic mass is 32.2. The molecule has 3 aromatic carbocycles. The number of hydrogen-bond acceptors (Lipinski definition) is 5. The average molecular weight is 469 g/mol. The Morgan fingerprint density at radius 1 is 0.970 bits per heavy atom. The number of halogens is 1. The Balaban J connectivity index is 1.91. The first kappa shape index (κ1) is 22.3. The highest BCUT2D eigenvalue weighted by Gasteiger charge is 2.25. The molecule has 0 bridgehead atoms. The van der Waals surface area contributed by atoms with Crippen LogP contribution >= 0.6 is 0 Å². The lowest BCUT2D eigenvalue weighted by atomic mass is 10.2. The summed E-state index contributed by atoms with van der Waals surface area (Å²) in [4.78, 5) is 25.0. The van der Waals surface area contributed by atoms with Crippen molar-refractivity contribution >= 4 is 32.5 Å². The van der Waals surface area contributed by atoms with Gasteiger partial charge >= 0.3 is 5.69 Å². The van der Waals surface area contributed by atoms with E-state index in [-0.39, 0.29) is 26.7 Å². The van der Waals surface area contributed by atoms with E-state index in [1.807, 2.05) is 0 Å². The minimum Gasteiger partial charge on any atom is -0.497 e. The van der Waals surface area contributed by atoms with Crippen LogP contribution in [0.25, 0.3) is 11.0 Å². The Bertz CT molecular complexity index is 1550. The van der Waals surface area contributed by atoms with E-state index in [4.69, 9.17) is 4.74 Å². The SMILES string of the molecule is COc1cccc(C(=O)Nc2cc3c(cc2S(=O)(=O)c2ccc(F)cc2)n(C)c(=O)n3C)c1. The Labute approximate surface area is 188 Å². The van der Waals surface area contributed by atoms with E-state index < -0.39 is 21.6 Å². The van der Waals surface area contributed by atoms with Crippen molar-refractivity contribution in [1.29, 1.82) is 0 Å². The van der Waals surface area contributed by atoms with Crippen molar-refractivity contribution in [2.45, 2.75) is 9.79 Å². The minimum atomic E-state index is -4.17. The summed E-state index contributed by atoms with van der Waals surface area (Å²) in [7, 11) is 0.366. The molecule has 4 aromatic rings. The van der Waals surface area contributed by atoms with Gasteiger partial charge in [-0.15, -0.1) is 0 Å². The predicted octanol–water partition coefficient (Wildman–Crippen LogP) is 3.11.